The van der Waals surface area contributed by atoms with Crippen molar-refractivity contribution in [3.63, 3.8) is 0 Å². The molecular weight excluding hydrogens is 338 g/mol. The molecule has 1 rings (SSSR count). The fourth-order valence-corrected chi connectivity index (χ4v) is 3.17. The Morgan fingerprint density at radius 1 is 0.760 bits per heavy atom. The zero-order chi connectivity index (χ0) is 17.5. The normalized spacial score (nSPS) is 11.2. The van der Waals surface area contributed by atoms with E-state index in [0.717, 1.165) is 24.8 Å². The first-order chi connectivity index (χ1) is 11.6. The van der Waals surface area contributed by atoms with Gasteiger partial charge in [0.1, 0.15) is 0 Å². The van der Waals surface area contributed by atoms with Crippen molar-refractivity contribution in [2.75, 3.05) is 6.61 Å². The molecule has 0 fully saturated rings. The van der Waals surface area contributed by atoms with E-state index in [0.29, 0.717) is 0 Å². The van der Waals surface area contributed by atoms with Crippen molar-refractivity contribution < 1.29 is 16.8 Å². The Labute approximate surface area is 154 Å². The summed E-state index contributed by atoms with van der Waals surface area (Å²) in [6.07, 6.45) is 12.1. The van der Waals surface area contributed by atoms with Crippen LogP contribution in [0, 0.1) is 0 Å². The molecule has 1 aromatic carbocycles. The summed E-state index contributed by atoms with van der Waals surface area (Å²) >= 11 is 0. The molecule has 0 saturated carbocycles. The van der Waals surface area contributed by atoms with Gasteiger partial charge in [0.15, 0.2) is 0 Å². The number of hydrogen-bond donors (Lipinski definition) is 1. The van der Waals surface area contributed by atoms with E-state index >= 15 is 0 Å². The van der Waals surface area contributed by atoms with Crippen molar-refractivity contribution in [2.45, 2.75) is 77.7 Å². The van der Waals surface area contributed by atoms with Crippen LogP contribution in [-0.2, 0) is 25.4 Å². The molecule has 0 aromatic heterocycles. The molecule has 1 aromatic rings. The summed E-state index contributed by atoms with van der Waals surface area (Å²) in [7, 11) is -3.89. The van der Waals surface area contributed by atoms with Crippen LogP contribution in [0.2, 0.25) is 0 Å². The Kier molecular flexibility index (Phi) is 14.7. The van der Waals surface area contributed by atoms with Crippen LogP contribution in [0.25, 0.3) is 0 Å². The fraction of sp³-hybridized carbons (Fsp3) is 0.684. The predicted octanol–water partition coefficient (Wildman–Crippen LogP) is 5.55. The van der Waals surface area contributed by atoms with E-state index in [4.69, 9.17) is 8.37 Å². The maximum atomic E-state index is 11.6. The smallest absolute Gasteiger partial charge is 0.344 e. The number of benzene rings is 1. The highest BCUT2D eigenvalue weighted by Gasteiger charge is 2.11. The topological polar surface area (TPSA) is 87.6 Å². The van der Waals surface area contributed by atoms with Gasteiger partial charge in [-0.3, -0.25) is 0 Å². The minimum atomic E-state index is -3.89. The van der Waals surface area contributed by atoms with E-state index in [1.165, 1.54) is 44.9 Å². The van der Waals surface area contributed by atoms with E-state index in [-0.39, 0.29) is 19.4 Å². The maximum Gasteiger partial charge on any atom is 0.400 e. The van der Waals surface area contributed by atoms with Crippen LogP contribution >= 0.6 is 0 Å². The van der Waals surface area contributed by atoms with Crippen LogP contribution in [0.5, 0.6) is 0 Å². The van der Waals surface area contributed by atoms with Gasteiger partial charge in [-0.2, -0.15) is 8.42 Å². The standard InChI is InChI=1S/C19H32O4S.H3N/c1-2-3-4-5-6-7-8-9-10-14-17-22-24(20,21)23-18-19-15-12-11-13-16-19;/h11-13,15-16H,2-10,14,17-18H2,1H3;1H3. The zero-order valence-corrected chi connectivity index (χ0v) is 16.4. The van der Waals surface area contributed by atoms with E-state index in [9.17, 15) is 8.42 Å². The van der Waals surface area contributed by atoms with Gasteiger partial charge in [-0.05, 0) is 12.0 Å². The van der Waals surface area contributed by atoms with Gasteiger partial charge in [0, 0.05) is 0 Å². The average molecular weight is 374 g/mol. The Morgan fingerprint density at radius 2 is 1.28 bits per heavy atom. The molecule has 0 aliphatic rings. The molecule has 0 aliphatic carbocycles. The van der Waals surface area contributed by atoms with Crippen LogP contribution < -0.4 is 6.15 Å². The van der Waals surface area contributed by atoms with Gasteiger partial charge in [0.25, 0.3) is 0 Å². The highest BCUT2D eigenvalue weighted by Crippen LogP contribution is 2.11. The molecule has 0 atom stereocenters. The summed E-state index contributed by atoms with van der Waals surface area (Å²) in [5.41, 5.74) is 0.809. The van der Waals surface area contributed by atoms with Crippen molar-refractivity contribution >= 4 is 10.4 Å². The lowest BCUT2D eigenvalue weighted by molar-refractivity contribution is 0.205. The lowest BCUT2D eigenvalue weighted by Crippen LogP contribution is -2.11. The van der Waals surface area contributed by atoms with Gasteiger partial charge < -0.3 is 6.15 Å². The highest BCUT2D eigenvalue weighted by atomic mass is 32.3. The van der Waals surface area contributed by atoms with Gasteiger partial charge in [0.2, 0.25) is 0 Å². The first-order valence-electron chi connectivity index (χ1n) is 9.22. The van der Waals surface area contributed by atoms with Crippen molar-refractivity contribution in [1.82, 2.24) is 6.15 Å². The average Bonchev–Trinajstić information content (AvgIpc) is 2.59. The number of hydrogen-bond acceptors (Lipinski definition) is 5. The van der Waals surface area contributed by atoms with Crippen molar-refractivity contribution in [1.29, 1.82) is 0 Å². The molecule has 0 radical (unpaired) electrons. The third kappa shape index (κ3) is 14.0. The first kappa shape index (κ1) is 24.1. The zero-order valence-electron chi connectivity index (χ0n) is 15.6. The van der Waals surface area contributed by atoms with Crippen LogP contribution in [0.4, 0.5) is 0 Å². The monoisotopic (exact) mass is 373 g/mol. The fourth-order valence-electron chi connectivity index (χ4n) is 2.50. The maximum absolute atomic E-state index is 11.6. The number of rotatable bonds is 15. The molecule has 0 amide bonds. The quantitative estimate of drug-likeness (QED) is 0.407. The van der Waals surface area contributed by atoms with Gasteiger partial charge in [-0.1, -0.05) is 95.0 Å². The summed E-state index contributed by atoms with van der Waals surface area (Å²) in [4.78, 5) is 0. The lowest BCUT2D eigenvalue weighted by atomic mass is 10.1. The third-order valence-corrected chi connectivity index (χ3v) is 4.80. The van der Waals surface area contributed by atoms with Crippen LogP contribution in [0.15, 0.2) is 30.3 Å². The van der Waals surface area contributed by atoms with E-state index in [2.05, 4.69) is 6.92 Å². The molecule has 0 heterocycles. The molecule has 3 N–H and O–H groups in total. The molecule has 6 heteroatoms. The lowest BCUT2D eigenvalue weighted by Gasteiger charge is -2.06. The molecule has 146 valence electrons. The minimum Gasteiger partial charge on any atom is -0.344 e. The predicted molar refractivity (Wildman–Crippen MR) is 103 cm³/mol. The first-order valence-corrected chi connectivity index (χ1v) is 10.5. The third-order valence-electron chi connectivity index (χ3n) is 3.94. The number of unbranched alkanes of at least 4 members (excludes halogenated alkanes) is 9. The summed E-state index contributed by atoms with van der Waals surface area (Å²) in [6, 6.07) is 9.20. The second-order valence-corrected chi connectivity index (χ2v) is 7.45. The summed E-state index contributed by atoms with van der Waals surface area (Å²) in [5, 5.41) is 0. The second-order valence-electron chi connectivity index (χ2n) is 6.16. The molecule has 0 bridgehead atoms. The molecule has 0 spiro atoms. The Morgan fingerprint density at radius 3 is 1.84 bits per heavy atom. The van der Waals surface area contributed by atoms with E-state index < -0.39 is 10.4 Å². The van der Waals surface area contributed by atoms with Crippen LogP contribution in [0.3, 0.4) is 0 Å². The molecule has 0 saturated heterocycles. The second kappa shape index (κ2) is 15.3. The molecular formula is C19H35NO4S. The largest absolute Gasteiger partial charge is 0.400 e. The van der Waals surface area contributed by atoms with E-state index in [1.807, 2.05) is 30.3 Å². The highest BCUT2D eigenvalue weighted by molar-refractivity contribution is 7.81. The Bertz CT molecular complexity index is 505. The van der Waals surface area contributed by atoms with Crippen molar-refractivity contribution in [2.24, 2.45) is 0 Å². The Hall–Kier alpha value is -0.950. The Balaban J connectivity index is 0.00000576. The molecule has 0 unspecified atom stereocenters. The van der Waals surface area contributed by atoms with Gasteiger partial charge in [-0.25, -0.2) is 8.37 Å². The van der Waals surface area contributed by atoms with Crippen LogP contribution in [-0.4, -0.2) is 15.0 Å². The van der Waals surface area contributed by atoms with Crippen molar-refractivity contribution in [3.8, 4) is 0 Å². The van der Waals surface area contributed by atoms with Gasteiger partial charge in [-0.15, -0.1) is 0 Å². The van der Waals surface area contributed by atoms with Crippen LogP contribution in [0.1, 0.15) is 76.7 Å². The van der Waals surface area contributed by atoms with Gasteiger partial charge >= 0.3 is 10.4 Å². The van der Waals surface area contributed by atoms with Gasteiger partial charge in [0.05, 0.1) is 13.2 Å². The summed E-state index contributed by atoms with van der Waals surface area (Å²) in [5.74, 6) is 0. The summed E-state index contributed by atoms with van der Waals surface area (Å²) < 4.78 is 33.0. The minimum absolute atomic E-state index is 0. The van der Waals surface area contributed by atoms with E-state index in [1.54, 1.807) is 0 Å². The molecule has 25 heavy (non-hydrogen) atoms. The summed E-state index contributed by atoms with van der Waals surface area (Å²) in [6.45, 7) is 2.45. The molecule has 5 nitrogen and oxygen atoms in total. The molecule has 0 aliphatic heterocycles. The van der Waals surface area contributed by atoms with Crippen molar-refractivity contribution in [3.05, 3.63) is 35.9 Å². The SMILES string of the molecule is CCCCCCCCCCCCOS(=O)(=O)OCc1ccccc1.N.